The normalized spacial score (nSPS) is 18.1. The second kappa shape index (κ2) is 10.3. The first-order valence-electron chi connectivity index (χ1n) is 8.39. The van der Waals surface area contributed by atoms with Crippen molar-refractivity contribution >= 4 is 30.6 Å². The van der Waals surface area contributed by atoms with Gasteiger partial charge in [-0.25, -0.2) is 0 Å². The average Bonchev–Trinajstić information content (AvgIpc) is 2.78. The van der Waals surface area contributed by atoms with E-state index in [4.69, 9.17) is 0 Å². The summed E-state index contributed by atoms with van der Waals surface area (Å²) in [6.07, 6.45) is 6.53. The number of hydrogen-bond donors (Lipinski definition) is 2. The zero-order chi connectivity index (χ0) is 14.5. The third-order valence-electron chi connectivity index (χ3n) is 4.88. The summed E-state index contributed by atoms with van der Waals surface area (Å²) in [5.74, 6) is 1.05. The number of nitrogens with one attached hydrogen (secondary N) is 2. The molecule has 3 nitrogen and oxygen atoms in total. The van der Waals surface area contributed by atoms with Crippen LogP contribution in [0, 0.1) is 5.92 Å². The molecule has 2 aliphatic rings. The van der Waals surface area contributed by atoms with E-state index < -0.39 is 0 Å². The minimum atomic E-state index is 0. The lowest BCUT2D eigenvalue weighted by atomic mass is 9.90. The van der Waals surface area contributed by atoms with Crippen molar-refractivity contribution in [2.45, 2.75) is 45.1 Å². The Balaban J connectivity index is 0.00000132. The Morgan fingerprint density at radius 1 is 1.04 bits per heavy atom. The Morgan fingerprint density at radius 2 is 1.83 bits per heavy atom. The fraction of sp³-hybridized carbons (Fsp3) is 0.611. The Bertz CT molecular complexity index is 502. The molecule has 2 N–H and O–H groups in total. The first kappa shape index (κ1) is 20.4. The van der Waals surface area contributed by atoms with Crippen LogP contribution in [0.5, 0.6) is 0 Å². The van der Waals surface area contributed by atoms with Gasteiger partial charge in [0.1, 0.15) is 0 Å². The molecule has 0 aromatic heterocycles. The molecule has 3 rings (SSSR count). The van der Waals surface area contributed by atoms with Crippen molar-refractivity contribution in [3.8, 4) is 0 Å². The Kier molecular flexibility index (Phi) is 9.15. The van der Waals surface area contributed by atoms with Crippen LogP contribution in [0.25, 0.3) is 0 Å². The molecular weight excluding hydrogens is 331 g/mol. The monoisotopic (exact) mass is 358 g/mol. The molecule has 2 aliphatic heterocycles. The summed E-state index contributed by atoms with van der Waals surface area (Å²) in [6, 6.07) is 6.33. The van der Waals surface area contributed by atoms with Crippen molar-refractivity contribution < 1.29 is 4.79 Å². The maximum absolute atomic E-state index is 12.4. The van der Waals surface area contributed by atoms with Crippen molar-refractivity contribution in [2.24, 2.45) is 5.92 Å². The van der Waals surface area contributed by atoms with E-state index in [9.17, 15) is 4.79 Å². The van der Waals surface area contributed by atoms with Gasteiger partial charge in [-0.3, -0.25) is 4.79 Å². The van der Waals surface area contributed by atoms with Crippen LogP contribution in [0.1, 0.15) is 53.6 Å². The lowest BCUT2D eigenvalue weighted by Crippen LogP contribution is -2.28. The highest BCUT2D eigenvalue weighted by Gasteiger charge is 2.16. The number of benzene rings is 1. The van der Waals surface area contributed by atoms with Gasteiger partial charge in [-0.1, -0.05) is 12.1 Å². The Hall–Kier alpha value is -0.610. The number of ketones is 1. The lowest BCUT2D eigenvalue weighted by molar-refractivity contribution is 0.0970. The highest BCUT2D eigenvalue weighted by atomic mass is 35.5. The molecule has 0 amide bonds. The van der Waals surface area contributed by atoms with Gasteiger partial charge in [0.05, 0.1) is 0 Å². The van der Waals surface area contributed by atoms with Crippen molar-refractivity contribution in [1.82, 2.24) is 10.6 Å². The topological polar surface area (TPSA) is 41.1 Å². The fourth-order valence-corrected chi connectivity index (χ4v) is 3.48. The minimum absolute atomic E-state index is 0. The van der Waals surface area contributed by atoms with E-state index in [0.29, 0.717) is 12.2 Å². The van der Waals surface area contributed by atoms with Gasteiger partial charge in [0.15, 0.2) is 5.78 Å². The van der Waals surface area contributed by atoms with Crippen LogP contribution < -0.4 is 10.6 Å². The molecule has 1 fully saturated rings. The number of fused-ring (bicyclic) bond motifs is 1. The standard InChI is InChI=1S/C18H26N2O.2ClH/c21-18(6-3-14-7-10-19-11-8-14)16-5-4-15-2-1-9-20-13-17(15)12-16;;/h4-5,12,14,19-20H,1-3,6-11,13H2;2*1H. The maximum atomic E-state index is 12.4. The second-order valence-corrected chi connectivity index (χ2v) is 6.42. The zero-order valence-corrected chi connectivity index (χ0v) is 15.2. The predicted octanol–water partition coefficient (Wildman–Crippen LogP) is 3.53. The maximum Gasteiger partial charge on any atom is 0.162 e. The van der Waals surface area contributed by atoms with Crippen molar-refractivity contribution in [1.29, 1.82) is 0 Å². The van der Waals surface area contributed by atoms with Gasteiger partial charge >= 0.3 is 0 Å². The number of Topliss-reactive ketones (excluding diaryl/α,β-unsaturated/α-hetero) is 1. The van der Waals surface area contributed by atoms with E-state index in [1.54, 1.807) is 0 Å². The summed E-state index contributed by atoms with van der Waals surface area (Å²) >= 11 is 0. The highest BCUT2D eigenvalue weighted by Crippen LogP contribution is 2.21. The minimum Gasteiger partial charge on any atom is -0.317 e. The number of carbonyl (C=O) groups is 1. The van der Waals surface area contributed by atoms with Gasteiger partial charge in [0, 0.05) is 18.5 Å². The van der Waals surface area contributed by atoms with Crippen molar-refractivity contribution in [2.75, 3.05) is 19.6 Å². The number of rotatable bonds is 4. The predicted molar refractivity (Wildman–Crippen MR) is 100 cm³/mol. The Labute approximate surface area is 151 Å². The largest absolute Gasteiger partial charge is 0.317 e. The van der Waals surface area contributed by atoms with Crippen LogP contribution in [0.4, 0.5) is 0 Å². The van der Waals surface area contributed by atoms with Gasteiger partial charge in [-0.05, 0) is 74.8 Å². The zero-order valence-electron chi connectivity index (χ0n) is 13.6. The van der Waals surface area contributed by atoms with Crippen LogP contribution in [-0.4, -0.2) is 25.4 Å². The molecular formula is C18H28Cl2N2O. The summed E-state index contributed by atoms with van der Waals surface area (Å²) in [5, 5.41) is 6.82. The third kappa shape index (κ3) is 5.75. The van der Waals surface area contributed by atoms with E-state index in [0.717, 1.165) is 50.5 Å². The average molecular weight is 359 g/mol. The van der Waals surface area contributed by atoms with Gasteiger partial charge < -0.3 is 10.6 Å². The van der Waals surface area contributed by atoms with E-state index in [1.807, 2.05) is 6.07 Å². The van der Waals surface area contributed by atoms with Crippen LogP contribution >= 0.6 is 24.8 Å². The lowest BCUT2D eigenvalue weighted by Gasteiger charge is -2.22. The molecule has 5 heteroatoms. The van der Waals surface area contributed by atoms with E-state index in [-0.39, 0.29) is 24.8 Å². The summed E-state index contributed by atoms with van der Waals surface area (Å²) < 4.78 is 0. The smallest absolute Gasteiger partial charge is 0.162 e. The molecule has 0 atom stereocenters. The first-order valence-corrected chi connectivity index (χ1v) is 8.39. The fourth-order valence-electron chi connectivity index (χ4n) is 3.48. The second-order valence-electron chi connectivity index (χ2n) is 6.42. The molecule has 0 bridgehead atoms. The van der Waals surface area contributed by atoms with Gasteiger partial charge in [0.25, 0.3) is 0 Å². The van der Waals surface area contributed by atoms with E-state index in [1.165, 1.54) is 30.4 Å². The van der Waals surface area contributed by atoms with Crippen molar-refractivity contribution in [3.63, 3.8) is 0 Å². The van der Waals surface area contributed by atoms with Gasteiger partial charge in [-0.2, -0.15) is 0 Å². The third-order valence-corrected chi connectivity index (χ3v) is 4.88. The summed E-state index contributed by atoms with van der Waals surface area (Å²) in [7, 11) is 0. The van der Waals surface area contributed by atoms with Gasteiger partial charge in [-0.15, -0.1) is 24.8 Å². The molecule has 0 spiro atoms. The quantitative estimate of drug-likeness (QED) is 0.808. The number of aryl methyl sites for hydroxylation is 1. The summed E-state index contributed by atoms with van der Waals surface area (Å²) in [5.41, 5.74) is 3.64. The molecule has 0 radical (unpaired) electrons. The molecule has 1 aromatic rings. The summed E-state index contributed by atoms with van der Waals surface area (Å²) in [6.45, 7) is 4.21. The molecule has 1 saturated heterocycles. The van der Waals surface area contributed by atoms with E-state index >= 15 is 0 Å². The number of carbonyl (C=O) groups excluding carboxylic acids is 1. The SMILES string of the molecule is Cl.Cl.O=C(CCC1CCNCC1)c1ccc2c(c1)CNCCC2. The molecule has 2 heterocycles. The molecule has 0 unspecified atom stereocenters. The molecule has 0 saturated carbocycles. The van der Waals surface area contributed by atoms with Crippen LogP contribution in [-0.2, 0) is 13.0 Å². The van der Waals surface area contributed by atoms with Crippen molar-refractivity contribution in [3.05, 3.63) is 34.9 Å². The molecule has 1 aromatic carbocycles. The van der Waals surface area contributed by atoms with Gasteiger partial charge in [0.2, 0.25) is 0 Å². The molecule has 130 valence electrons. The van der Waals surface area contributed by atoms with E-state index in [2.05, 4.69) is 22.8 Å². The van der Waals surface area contributed by atoms with Crippen LogP contribution in [0.2, 0.25) is 0 Å². The molecule has 23 heavy (non-hydrogen) atoms. The molecule has 0 aliphatic carbocycles. The number of piperidine rings is 1. The van der Waals surface area contributed by atoms with Crippen LogP contribution in [0.15, 0.2) is 18.2 Å². The first-order chi connectivity index (χ1) is 10.3. The Morgan fingerprint density at radius 3 is 2.61 bits per heavy atom. The van der Waals surface area contributed by atoms with Crippen LogP contribution in [0.3, 0.4) is 0 Å². The number of hydrogen-bond acceptors (Lipinski definition) is 3. The highest BCUT2D eigenvalue weighted by molar-refractivity contribution is 5.96. The number of halogens is 2. The summed E-state index contributed by atoms with van der Waals surface area (Å²) in [4.78, 5) is 12.4.